The fourth-order valence-corrected chi connectivity index (χ4v) is 5.83. The SMILES string of the molecule is CCCCCCCCCCCCCCCCCCOC(=O)[C@@H](CCCCNC(=O)COCc1ccccc1)NC(=O)COCc1ccccc1. The molecule has 0 aliphatic rings. The Labute approximate surface area is 302 Å². The second kappa shape index (κ2) is 30.6. The summed E-state index contributed by atoms with van der Waals surface area (Å²) < 4.78 is 16.6. The lowest BCUT2D eigenvalue weighted by Gasteiger charge is -2.18. The van der Waals surface area contributed by atoms with Crippen molar-refractivity contribution in [2.24, 2.45) is 0 Å². The van der Waals surface area contributed by atoms with Crippen LogP contribution in [0, 0.1) is 0 Å². The predicted molar refractivity (Wildman–Crippen MR) is 201 cm³/mol. The van der Waals surface area contributed by atoms with E-state index < -0.39 is 12.0 Å². The maximum atomic E-state index is 13.0. The van der Waals surface area contributed by atoms with Gasteiger partial charge in [0.15, 0.2) is 0 Å². The Morgan fingerprint density at radius 2 is 1.02 bits per heavy atom. The number of nitrogens with one attached hydrogen (secondary N) is 2. The second-order valence-corrected chi connectivity index (χ2v) is 13.4. The Balaban J connectivity index is 1.58. The average molecular weight is 695 g/mol. The number of amides is 2. The lowest BCUT2D eigenvalue weighted by atomic mass is 10.0. The molecule has 8 heteroatoms. The van der Waals surface area contributed by atoms with E-state index in [4.69, 9.17) is 14.2 Å². The minimum atomic E-state index is -0.756. The zero-order valence-electron chi connectivity index (χ0n) is 31.0. The summed E-state index contributed by atoms with van der Waals surface area (Å²) in [6.07, 6.45) is 22.3. The van der Waals surface area contributed by atoms with E-state index >= 15 is 0 Å². The van der Waals surface area contributed by atoms with E-state index in [1.165, 1.54) is 83.5 Å². The van der Waals surface area contributed by atoms with Crippen molar-refractivity contribution in [1.29, 1.82) is 0 Å². The molecule has 8 nitrogen and oxygen atoms in total. The summed E-state index contributed by atoms with van der Waals surface area (Å²) in [7, 11) is 0. The highest BCUT2D eigenvalue weighted by atomic mass is 16.5. The Hall–Kier alpha value is -3.23. The van der Waals surface area contributed by atoms with Gasteiger partial charge in [-0.3, -0.25) is 9.59 Å². The molecule has 2 aromatic carbocycles. The molecule has 0 fully saturated rings. The number of benzene rings is 2. The van der Waals surface area contributed by atoms with Gasteiger partial charge in [-0.25, -0.2) is 4.79 Å². The van der Waals surface area contributed by atoms with E-state index in [0.717, 1.165) is 30.4 Å². The first-order chi connectivity index (χ1) is 24.6. The summed E-state index contributed by atoms with van der Waals surface area (Å²) in [6.45, 7) is 3.63. The van der Waals surface area contributed by atoms with Crippen LogP contribution in [-0.2, 0) is 41.8 Å². The zero-order chi connectivity index (χ0) is 35.7. The number of carbonyl (C=O) groups is 3. The van der Waals surface area contributed by atoms with Crippen LogP contribution in [0.25, 0.3) is 0 Å². The van der Waals surface area contributed by atoms with Crippen LogP contribution in [0.3, 0.4) is 0 Å². The molecule has 0 heterocycles. The van der Waals surface area contributed by atoms with Crippen LogP contribution < -0.4 is 10.6 Å². The smallest absolute Gasteiger partial charge is 0.328 e. The molecule has 280 valence electrons. The summed E-state index contributed by atoms with van der Waals surface area (Å²) in [6, 6.07) is 18.6. The van der Waals surface area contributed by atoms with Crippen LogP contribution in [0.15, 0.2) is 60.7 Å². The molecule has 0 spiro atoms. The second-order valence-electron chi connectivity index (χ2n) is 13.4. The van der Waals surface area contributed by atoms with Crippen LogP contribution in [0.5, 0.6) is 0 Å². The van der Waals surface area contributed by atoms with Gasteiger partial charge in [-0.2, -0.15) is 0 Å². The third-order valence-corrected chi connectivity index (χ3v) is 8.79. The first-order valence-corrected chi connectivity index (χ1v) is 19.5. The number of hydrogen-bond donors (Lipinski definition) is 2. The molecule has 0 aromatic heterocycles. The largest absolute Gasteiger partial charge is 0.464 e. The van der Waals surface area contributed by atoms with E-state index in [2.05, 4.69) is 17.6 Å². The van der Waals surface area contributed by atoms with Crippen molar-refractivity contribution in [3.05, 3.63) is 71.8 Å². The molecule has 0 aliphatic carbocycles. The molecule has 0 saturated heterocycles. The predicted octanol–water partition coefficient (Wildman–Crippen LogP) is 9.00. The molecule has 2 amide bonds. The summed E-state index contributed by atoms with van der Waals surface area (Å²) >= 11 is 0. The van der Waals surface area contributed by atoms with Gasteiger partial charge in [0.2, 0.25) is 11.8 Å². The highest BCUT2D eigenvalue weighted by Gasteiger charge is 2.22. The Morgan fingerprint density at radius 1 is 0.560 bits per heavy atom. The minimum Gasteiger partial charge on any atom is -0.464 e. The molecule has 0 bridgehead atoms. The molecule has 0 aliphatic heterocycles. The number of ether oxygens (including phenoxy) is 3. The van der Waals surface area contributed by atoms with Crippen LogP contribution in [0.4, 0.5) is 0 Å². The fourth-order valence-electron chi connectivity index (χ4n) is 5.83. The first-order valence-electron chi connectivity index (χ1n) is 19.5. The molecule has 2 rings (SSSR count). The van der Waals surface area contributed by atoms with Crippen molar-refractivity contribution in [1.82, 2.24) is 10.6 Å². The fraction of sp³-hybridized carbons (Fsp3) is 0.643. The monoisotopic (exact) mass is 694 g/mol. The number of unbranched alkanes of at least 4 members (excludes halogenated alkanes) is 16. The van der Waals surface area contributed by atoms with Crippen LogP contribution in [-0.4, -0.2) is 50.2 Å². The molecule has 0 radical (unpaired) electrons. The Morgan fingerprint density at radius 3 is 1.52 bits per heavy atom. The van der Waals surface area contributed by atoms with Gasteiger partial charge in [-0.15, -0.1) is 0 Å². The zero-order valence-corrected chi connectivity index (χ0v) is 31.0. The van der Waals surface area contributed by atoms with E-state index in [1.807, 2.05) is 60.7 Å². The van der Waals surface area contributed by atoms with Crippen LogP contribution in [0.1, 0.15) is 140 Å². The van der Waals surface area contributed by atoms with Gasteiger partial charge in [0.25, 0.3) is 0 Å². The number of carbonyl (C=O) groups excluding carboxylic acids is 3. The third kappa shape index (κ3) is 24.0. The Bertz CT molecular complexity index is 1110. The molecular formula is C42H66N2O6. The maximum Gasteiger partial charge on any atom is 0.328 e. The van der Waals surface area contributed by atoms with Gasteiger partial charge in [0, 0.05) is 6.54 Å². The molecule has 1 atom stereocenters. The van der Waals surface area contributed by atoms with Gasteiger partial charge >= 0.3 is 5.97 Å². The number of hydrogen-bond acceptors (Lipinski definition) is 6. The lowest BCUT2D eigenvalue weighted by Crippen LogP contribution is -2.43. The van der Waals surface area contributed by atoms with E-state index in [-0.39, 0.29) is 25.0 Å². The Kier molecular flexibility index (Phi) is 26.3. The summed E-state index contributed by atoms with van der Waals surface area (Å²) in [5.41, 5.74) is 1.99. The average Bonchev–Trinajstić information content (AvgIpc) is 3.13. The molecule has 0 unspecified atom stereocenters. The van der Waals surface area contributed by atoms with Gasteiger partial charge in [0.05, 0.1) is 19.8 Å². The quantitative estimate of drug-likeness (QED) is 0.0586. The van der Waals surface area contributed by atoms with Crippen molar-refractivity contribution in [3.63, 3.8) is 0 Å². The van der Waals surface area contributed by atoms with Crippen LogP contribution in [0.2, 0.25) is 0 Å². The van der Waals surface area contributed by atoms with Gasteiger partial charge in [-0.1, -0.05) is 164 Å². The molecule has 50 heavy (non-hydrogen) atoms. The molecule has 2 N–H and O–H groups in total. The molecule has 2 aromatic rings. The summed E-state index contributed by atoms with van der Waals surface area (Å²) in [4.78, 5) is 37.8. The van der Waals surface area contributed by atoms with Crippen molar-refractivity contribution in [3.8, 4) is 0 Å². The van der Waals surface area contributed by atoms with Gasteiger partial charge < -0.3 is 24.8 Å². The highest BCUT2D eigenvalue weighted by Crippen LogP contribution is 2.14. The van der Waals surface area contributed by atoms with Crippen molar-refractivity contribution >= 4 is 17.8 Å². The molecule has 0 saturated carbocycles. The van der Waals surface area contributed by atoms with Crippen LogP contribution >= 0.6 is 0 Å². The standard InChI is InChI=1S/C42H66N2O6/c1-2-3-4-5-6-7-8-9-10-11-12-13-14-15-16-25-32-50-42(47)39(44-41(46)36-49-34-38-28-21-18-22-29-38)30-23-24-31-43-40(45)35-48-33-37-26-19-17-20-27-37/h17-22,26-29,39H,2-16,23-25,30-36H2,1H3,(H,43,45)(H,44,46)/t39-/m1/s1. The first kappa shape index (κ1) is 42.9. The third-order valence-electron chi connectivity index (χ3n) is 8.79. The van der Waals surface area contributed by atoms with E-state index in [1.54, 1.807) is 0 Å². The topological polar surface area (TPSA) is 103 Å². The van der Waals surface area contributed by atoms with Gasteiger partial charge in [-0.05, 0) is 36.8 Å². The van der Waals surface area contributed by atoms with Gasteiger partial charge in [0.1, 0.15) is 19.3 Å². The summed E-state index contributed by atoms with van der Waals surface area (Å²) in [5, 5.41) is 5.66. The van der Waals surface area contributed by atoms with E-state index in [9.17, 15) is 14.4 Å². The minimum absolute atomic E-state index is 0.0117. The maximum absolute atomic E-state index is 13.0. The number of rotatable bonds is 32. The van der Waals surface area contributed by atoms with E-state index in [0.29, 0.717) is 45.6 Å². The highest BCUT2D eigenvalue weighted by molar-refractivity contribution is 5.85. The normalized spacial score (nSPS) is 11.6. The lowest BCUT2D eigenvalue weighted by molar-refractivity contribution is -0.148. The van der Waals surface area contributed by atoms with Crippen molar-refractivity contribution in [2.45, 2.75) is 148 Å². The molecular weight excluding hydrogens is 628 g/mol. The van der Waals surface area contributed by atoms with Crippen molar-refractivity contribution in [2.75, 3.05) is 26.4 Å². The van der Waals surface area contributed by atoms with Crippen molar-refractivity contribution < 1.29 is 28.6 Å². The summed E-state index contributed by atoms with van der Waals surface area (Å²) in [5.74, 6) is -0.950. The number of esters is 1.